The predicted octanol–water partition coefficient (Wildman–Crippen LogP) is 2.68. The lowest BCUT2D eigenvalue weighted by atomic mass is 10.2. The molecule has 0 bridgehead atoms. The monoisotopic (exact) mass is 407 g/mol. The highest BCUT2D eigenvalue weighted by Crippen LogP contribution is 2.19. The van der Waals surface area contributed by atoms with Gasteiger partial charge in [0, 0.05) is 52.3 Å². The molecule has 1 saturated heterocycles. The fourth-order valence-electron chi connectivity index (χ4n) is 3.56. The lowest BCUT2D eigenvalue weighted by Crippen LogP contribution is -2.43. The maximum absolute atomic E-state index is 12.3. The zero-order chi connectivity index (χ0) is 20.5. The third kappa shape index (κ3) is 6.38. The quantitative estimate of drug-likeness (QED) is 0.409. The zero-order valence-electron chi connectivity index (χ0n) is 17.6. The molecule has 1 aromatic carbocycles. The molecule has 0 radical (unpaired) electrons. The van der Waals surface area contributed by atoms with E-state index in [1.54, 1.807) is 4.90 Å². The van der Waals surface area contributed by atoms with E-state index in [2.05, 4.69) is 22.0 Å². The Morgan fingerprint density at radius 2 is 2.07 bits per heavy atom. The van der Waals surface area contributed by atoms with Crippen LogP contribution in [-0.2, 0) is 11.3 Å². The number of likely N-dealkylation sites (tertiary alicyclic amines) is 1. The van der Waals surface area contributed by atoms with E-state index in [1.807, 2.05) is 45.4 Å². The largest absolute Gasteiger partial charge is 0.357 e. The third-order valence-electron chi connectivity index (χ3n) is 5.02. The maximum Gasteiger partial charge on any atom is 0.239 e. The van der Waals surface area contributed by atoms with Crippen LogP contribution < -0.4 is 5.32 Å². The Kier molecular flexibility index (Phi) is 9.06. The van der Waals surface area contributed by atoms with Crippen LogP contribution in [0.2, 0.25) is 5.02 Å². The molecule has 1 fully saturated rings. The van der Waals surface area contributed by atoms with Gasteiger partial charge in [0.1, 0.15) is 0 Å². The molecular weight excluding hydrogens is 374 g/mol. The van der Waals surface area contributed by atoms with E-state index < -0.39 is 0 Å². The van der Waals surface area contributed by atoms with Gasteiger partial charge in [0.15, 0.2) is 5.96 Å². The van der Waals surface area contributed by atoms with Crippen molar-refractivity contribution >= 4 is 23.5 Å². The van der Waals surface area contributed by atoms with Crippen LogP contribution >= 0.6 is 11.6 Å². The molecule has 1 N–H and O–H groups in total. The smallest absolute Gasteiger partial charge is 0.239 e. The van der Waals surface area contributed by atoms with Crippen LogP contribution in [0.1, 0.15) is 31.7 Å². The number of hydrogen-bond donors (Lipinski definition) is 1. The van der Waals surface area contributed by atoms with Crippen molar-refractivity contribution in [3.63, 3.8) is 0 Å². The Bertz CT molecular complexity index is 664. The van der Waals surface area contributed by atoms with Gasteiger partial charge in [-0.05, 0) is 44.4 Å². The summed E-state index contributed by atoms with van der Waals surface area (Å²) in [4.78, 5) is 23.2. The van der Waals surface area contributed by atoms with Crippen molar-refractivity contribution in [3.8, 4) is 0 Å². The number of rotatable bonds is 8. The molecule has 1 atom stereocenters. The minimum absolute atomic E-state index is 0.0371. The molecule has 1 amide bonds. The molecule has 1 unspecified atom stereocenters. The number of halogens is 1. The second-order valence-corrected chi connectivity index (χ2v) is 7.87. The van der Waals surface area contributed by atoms with Crippen molar-refractivity contribution in [2.75, 3.05) is 47.3 Å². The highest BCUT2D eigenvalue weighted by atomic mass is 35.5. The van der Waals surface area contributed by atoms with Gasteiger partial charge in [0.2, 0.25) is 5.91 Å². The van der Waals surface area contributed by atoms with E-state index in [9.17, 15) is 4.79 Å². The summed E-state index contributed by atoms with van der Waals surface area (Å²) in [5.41, 5.74) is 1.08. The van der Waals surface area contributed by atoms with Gasteiger partial charge in [0.25, 0.3) is 0 Å². The summed E-state index contributed by atoms with van der Waals surface area (Å²) in [6.45, 7) is 6.23. The normalized spacial score (nSPS) is 17.6. The SMILES string of the molecule is CCNC(=NCCCN1CCCC1C(=O)N(C)C)N(C)Cc1ccccc1Cl. The average molecular weight is 408 g/mol. The number of nitrogens with zero attached hydrogens (tertiary/aromatic N) is 4. The number of nitrogens with one attached hydrogen (secondary N) is 1. The molecule has 156 valence electrons. The molecule has 6 nitrogen and oxygen atoms in total. The Hall–Kier alpha value is -1.79. The molecule has 0 saturated carbocycles. The second-order valence-electron chi connectivity index (χ2n) is 7.46. The first kappa shape index (κ1) is 22.5. The van der Waals surface area contributed by atoms with Gasteiger partial charge in [-0.15, -0.1) is 0 Å². The number of carbonyl (C=O) groups excluding carboxylic acids is 1. The van der Waals surface area contributed by atoms with Crippen molar-refractivity contribution in [1.82, 2.24) is 20.0 Å². The Morgan fingerprint density at radius 3 is 2.75 bits per heavy atom. The summed E-state index contributed by atoms with van der Waals surface area (Å²) < 4.78 is 0. The summed E-state index contributed by atoms with van der Waals surface area (Å²) in [5, 5.41) is 4.12. The number of benzene rings is 1. The van der Waals surface area contributed by atoms with E-state index >= 15 is 0 Å². The van der Waals surface area contributed by atoms with E-state index in [0.717, 1.165) is 62.0 Å². The van der Waals surface area contributed by atoms with Crippen LogP contribution in [0.5, 0.6) is 0 Å². The van der Waals surface area contributed by atoms with Crippen LogP contribution in [0.25, 0.3) is 0 Å². The van der Waals surface area contributed by atoms with Gasteiger partial charge < -0.3 is 15.1 Å². The average Bonchev–Trinajstić information content (AvgIpc) is 3.13. The lowest BCUT2D eigenvalue weighted by Gasteiger charge is -2.26. The zero-order valence-corrected chi connectivity index (χ0v) is 18.4. The molecule has 0 aromatic heterocycles. The van der Waals surface area contributed by atoms with E-state index in [0.29, 0.717) is 6.54 Å². The number of amides is 1. The molecule has 0 spiro atoms. The number of hydrogen-bond acceptors (Lipinski definition) is 3. The molecule has 7 heteroatoms. The molecule has 1 aliphatic rings. The molecule has 1 aliphatic heterocycles. The standard InChI is InChI=1S/C21H34ClN5O/c1-5-23-21(26(4)16-17-10-6-7-11-18(17)22)24-13-9-15-27-14-8-12-19(27)20(28)25(2)3/h6-7,10-11,19H,5,8-9,12-16H2,1-4H3,(H,23,24). The molecule has 1 heterocycles. The summed E-state index contributed by atoms with van der Waals surface area (Å²) in [6, 6.07) is 7.93. The van der Waals surface area contributed by atoms with E-state index in [-0.39, 0.29) is 11.9 Å². The number of aliphatic imine (C=N–C) groups is 1. The van der Waals surface area contributed by atoms with Gasteiger partial charge >= 0.3 is 0 Å². The van der Waals surface area contributed by atoms with Crippen LogP contribution in [0.15, 0.2) is 29.3 Å². The molecule has 0 aliphatic carbocycles. The van der Waals surface area contributed by atoms with Crippen molar-refractivity contribution in [1.29, 1.82) is 0 Å². The van der Waals surface area contributed by atoms with Gasteiger partial charge in [-0.25, -0.2) is 0 Å². The number of likely N-dealkylation sites (N-methyl/N-ethyl adjacent to an activating group) is 1. The van der Waals surface area contributed by atoms with Gasteiger partial charge in [0.05, 0.1) is 6.04 Å². The van der Waals surface area contributed by atoms with Crippen molar-refractivity contribution in [2.45, 2.75) is 38.8 Å². The van der Waals surface area contributed by atoms with Gasteiger partial charge in [-0.2, -0.15) is 0 Å². The molecular formula is C21H34ClN5O. The first-order valence-electron chi connectivity index (χ1n) is 10.1. The van der Waals surface area contributed by atoms with Gasteiger partial charge in [-0.1, -0.05) is 29.8 Å². The van der Waals surface area contributed by atoms with Crippen molar-refractivity contribution in [2.24, 2.45) is 4.99 Å². The lowest BCUT2D eigenvalue weighted by molar-refractivity contribution is -0.133. The molecule has 1 aromatic rings. The summed E-state index contributed by atoms with van der Waals surface area (Å²) >= 11 is 6.29. The fraction of sp³-hybridized carbons (Fsp3) is 0.619. The highest BCUT2D eigenvalue weighted by Gasteiger charge is 2.30. The van der Waals surface area contributed by atoms with Crippen molar-refractivity contribution in [3.05, 3.63) is 34.9 Å². The van der Waals surface area contributed by atoms with Crippen LogP contribution in [0, 0.1) is 0 Å². The van der Waals surface area contributed by atoms with Crippen LogP contribution in [0.3, 0.4) is 0 Å². The Morgan fingerprint density at radius 1 is 1.32 bits per heavy atom. The summed E-state index contributed by atoms with van der Waals surface area (Å²) in [5.74, 6) is 1.10. The van der Waals surface area contributed by atoms with Gasteiger partial charge in [-0.3, -0.25) is 14.7 Å². The highest BCUT2D eigenvalue weighted by molar-refractivity contribution is 6.31. The Labute approximate surface area is 174 Å². The Balaban J connectivity index is 1.88. The molecule has 2 rings (SSSR count). The molecule has 28 heavy (non-hydrogen) atoms. The second kappa shape index (κ2) is 11.3. The van der Waals surface area contributed by atoms with E-state index in [4.69, 9.17) is 16.6 Å². The summed E-state index contributed by atoms with van der Waals surface area (Å²) in [6.07, 6.45) is 2.99. The summed E-state index contributed by atoms with van der Waals surface area (Å²) in [7, 11) is 5.69. The minimum atomic E-state index is 0.0371. The number of carbonyl (C=O) groups is 1. The van der Waals surface area contributed by atoms with E-state index in [1.165, 1.54) is 0 Å². The van der Waals surface area contributed by atoms with Crippen LogP contribution in [-0.4, -0.2) is 79.9 Å². The topological polar surface area (TPSA) is 51.2 Å². The predicted molar refractivity (Wildman–Crippen MR) is 117 cm³/mol. The first-order valence-corrected chi connectivity index (χ1v) is 10.5. The first-order chi connectivity index (χ1) is 13.4. The minimum Gasteiger partial charge on any atom is -0.357 e. The third-order valence-corrected chi connectivity index (χ3v) is 5.39. The maximum atomic E-state index is 12.3. The van der Waals surface area contributed by atoms with Crippen molar-refractivity contribution < 1.29 is 4.79 Å². The van der Waals surface area contributed by atoms with Crippen LogP contribution in [0.4, 0.5) is 0 Å². The number of guanidine groups is 1. The fourth-order valence-corrected chi connectivity index (χ4v) is 3.75.